The molecule has 1 heterocycles. The van der Waals surface area contributed by atoms with Crippen molar-refractivity contribution >= 4 is 5.97 Å². The van der Waals surface area contributed by atoms with Gasteiger partial charge in [0.1, 0.15) is 11.9 Å². The number of hydrogen-bond acceptors (Lipinski definition) is 4. The van der Waals surface area contributed by atoms with Crippen molar-refractivity contribution in [2.75, 3.05) is 7.11 Å². The maximum absolute atomic E-state index is 10.8. The molecule has 1 atom stereocenters. The molecule has 2 rings (SSSR count). The van der Waals surface area contributed by atoms with Crippen LogP contribution in [0.1, 0.15) is 30.4 Å². The zero-order chi connectivity index (χ0) is 15.1. The van der Waals surface area contributed by atoms with Crippen molar-refractivity contribution in [1.82, 2.24) is 9.97 Å². The van der Waals surface area contributed by atoms with Crippen LogP contribution in [-0.4, -0.2) is 28.2 Å². The predicted octanol–water partition coefficient (Wildman–Crippen LogP) is 2.62. The molecule has 0 saturated carbocycles. The Balaban J connectivity index is 2.39. The number of carbonyl (C=O) groups is 1. The van der Waals surface area contributed by atoms with Gasteiger partial charge in [0.2, 0.25) is 0 Å². The summed E-state index contributed by atoms with van der Waals surface area (Å²) >= 11 is 0. The molecule has 5 heteroatoms. The van der Waals surface area contributed by atoms with Crippen molar-refractivity contribution in [1.29, 1.82) is 0 Å². The summed E-state index contributed by atoms with van der Waals surface area (Å²) in [5, 5.41) is 8.86. The van der Waals surface area contributed by atoms with Crippen molar-refractivity contribution in [2.24, 2.45) is 0 Å². The van der Waals surface area contributed by atoms with Gasteiger partial charge < -0.3 is 9.84 Å². The molecular formula is C16H18N2O3. The number of nitrogens with zero attached hydrogens (tertiary/aromatic N) is 2. The first-order chi connectivity index (χ1) is 10.2. The summed E-state index contributed by atoms with van der Waals surface area (Å²) in [6.45, 7) is 0. The van der Waals surface area contributed by atoms with Gasteiger partial charge in [0.15, 0.2) is 0 Å². The summed E-state index contributed by atoms with van der Waals surface area (Å²) in [5.41, 5.74) is 1.06. The van der Waals surface area contributed by atoms with Crippen molar-refractivity contribution in [3.05, 3.63) is 60.2 Å². The average Bonchev–Trinajstić information content (AvgIpc) is 2.53. The molecule has 0 spiro atoms. The van der Waals surface area contributed by atoms with Crippen LogP contribution in [0.5, 0.6) is 0 Å². The Morgan fingerprint density at radius 1 is 1.19 bits per heavy atom. The summed E-state index contributed by atoms with van der Waals surface area (Å²) in [4.78, 5) is 18.9. The molecular weight excluding hydrogens is 268 g/mol. The lowest BCUT2D eigenvalue weighted by atomic mass is 9.83. The average molecular weight is 286 g/mol. The summed E-state index contributed by atoms with van der Waals surface area (Å²) in [5.74, 6) is -0.808. The minimum atomic E-state index is -0.808. The number of methoxy groups -OCH3 is 1. The molecule has 5 nitrogen and oxygen atoms in total. The van der Waals surface area contributed by atoms with Crippen LogP contribution in [0.15, 0.2) is 49.1 Å². The Hall–Kier alpha value is -2.27. The van der Waals surface area contributed by atoms with Gasteiger partial charge in [0.05, 0.1) is 0 Å². The highest BCUT2D eigenvalue weighted by Gasteiger charge is 2.34. The number of ether oxygens (including phenoxy) is 1. The lowest BCUT2D eigenvalue weighted by Crippen LogP contribution is -2.30. The fourth-order valence-corrected chi connectivity index (χ4v) is 2.50. The van der Waals surface area contributed by atoms with Gasteiger partial charge in [-0.1, -0.05) is 30.3 Å². The lowest BCUT2D eigenvalue weighted by Gasteiger charge is -2.33. The van der Waals surface area contributed by atoms with Gasteiger partial charge in [-0.25, -0.2) is 9.97 Å². The number of carboxylic acids is 1. The molecule has 21 heavy (non-hydrogen) atoms. The van der Waals surface area contributed by atoms with Gasteiger partial charge in [-0.15, -0.1) is 0 Å². The first kappa shape index (κ1) is 15.1. The van der Waals surface area contributed by atoms with Crippen LogP contribution in [0.25, 0.3) is 0 Å². The number of benzene rings is 1. The SMILES string of the molecule is COC(CCCC(=O)O)(c1ccccc1)c1cncnc1. The van der Waals surface area contributed by atoms with Gasteiger partial charge in [-0.3, -0.25) is 4.79 Å². The summed E-state index contributed by atoms with van der Waals surface area (Å²) in [6, 6.07) is 9.74. The van der Waals surface area contributed by atoms with Crippen molar-refractivity contribution in [3.63, 3.8) is 0 Å². The van der Waals surface area contributed by atoms with Gasteiger partial charge in [-0.2, -0.15) is 0 Å². The Labute approximate surface area is 123 Å². The molecule has 0 bridgehead atoms. The third kappa shape index (κ3) is 3.44. The van der Waals surface area contributed by atoms with E-state index in [0.717, 1.165) is 11.1 Å². The Morgan fingerprint density at radius 2 is 1.86 bits per heavy atom. The maximum Gasteiger partial charge on any atom is 0.303 e. The molecule has 2 aromatic rings. The second-order valence-corrected chi connectivity index (χ2v) is 4.77. The van der Waals surface area contributed by atoms with Gasteiger partial charge in [0.25, 0.3) is 0 Å². The maximum atomic E-state index is 10.8. The second kappa shape index (κ2) is 6.95. The van der Waals surface area contributed by atoms with Gasteiger partial charge in [0, 0.05) is 31.5 Å². The third-order valence-electron chi connectivity index (χ3n) is 3.53. The summed E-state index contributed by atoms with van der Waals surface area (Å²) in [6.07, 6.45) is 6.05. The molecule has 0 radical (unpaired) electrons. The Morgan fingerprint density at radius 3 is 2.43 bits per heavy atom. The van der Waals surface area contributed by atoms with Crippen LogP contribution in [0.2, 0.25) is 0 Å². The molecule has 0 aliphatic heterocycles. The fourth-order valence-electron chi connectivity index (χ4n) is 2.50. The number of hydrogen-bond donors (Lipinski definition) is 1. The molecule has 110 valence electrons. The second-order valence-electron chi connectivity index (χ2n) is 4.77. The first-order valence-corrected chi connectivity index (χ1v) is 6.77. The van der Waals surface area contributed by atoms with Crippen LogP contribution in [0.3, 0.4) is 0 Å². The van der Waals surface area contributed by atoms with E-state index in [9.17, 15) is 4.79 Å². The number of rotatable bonds is 7. The molecule has 0 fully saturated rings. The molecule has 0 aliphatic rings. The summed E-state index contributed by atoms with van der Waals surface area (Å²) in [7, 11) is 1.63. The molecule has 1 aromatic carbocycles. The largest absolute Gasteiger partial charge is 0.481 e. The zero-order valence-electron chi connectivity index (χ0n) is 11.9. The standard InChI is InChI=1S/C16H18N2O3/c1-21-16(9-5-8-15(19)20,13-6-3-2-4-7-13)14-10-17-12-18-11-14/h2-4,6-7,10-12H,5,8-9H2,1H3,(H,19,20). The van der Waals surface area contributed by atoms with Gasteiger partial charge in [-0.05, 0) is 18.4 Å². The monoisotopic (exact) mass is 286 g/mol. The fraction of sp³-hybridized carbons (Fsp3) is 0.312. The van der Waals surface area contributed by atoms with Crippen LogP contribution < -0.4 is 0 Å². The van der Waals surface area contributed by atoms with E-state index in [4.69, 9.17) is 9.84 Å². The molecule has 0 saturated heterocycles. The highest BCUT2D eigenvalue weighted by molar-refractivity contribution is 5.66. The topological polar surface area (TPSA) is 72.3 Å². The first-order valence-electron chi connectivity index (χ1n) is 6.77. The van der Waals surface area contributed by atoms with E-state index in [0.29, 0.717) is 12.8 Å². The Bertz CT molecular complexity index is 533. The van der Waals surface area contributed by atoms with E-state index in [1.165, 1.54) is 6.33 Å². The van der Waals surface area contributed by atoms with E-state index >= 15 is 0 Å². The van der Waals surface area contributed by atoms with Crippen molar-refractivity contribution in [3.8, 4) is 0 Å². The number of aliphatic carboxylic acids is 1. The normalized spacial score (nSPS) is 13.6. The van der Waals surface area contributed by atoms with Crippen LogP contribution >= 0.6 is 0 Å². The minimum Gasteiger partial charge on any atom is -0.481 e. The van der Waals surface area contributed by atoms with Crippen molar-refractivity contribution < 1.29 is 14.6 Å². The molecule has 1 unspecified atom stereocenters. The molecule has 1 N–H and O–H groups in total. The van der Waals surface area contributed by atoms with Crippen LogP contribution in [-0.2, 0) is 15.1 Å². The quantitative estimate of drug-likeness (QED) is 0.847. The van der Waals surface area contributed by atoms with E-state index < -0.39 is 11.6 Å². The van der Waals surface area contributed by atoms with E-state index in [1.54, 1.807) is 19.5 Å². The zero-order valence-corrected chi connectivity index (χ0v) is 11.9. The molecule has 1 aromatic heterocycles. The van der Waals surface area contributed by atoms with Crippen LogP contribution in [0.4, 0.5) is 0 Å². The van der Waals surface area contributed by atoms with Crippen LogP contribution in [0, 0.1) is 0 Å². The number of carboxylic acid groups (broad SMARTS) is 1. The van der Waals surface area contributed by atoms with E-state index in [1.807, 2.05) is 30.3 Å². The van der Waals surface area contributed by atoms with E-state index in [2.05, 4.69) is 9.97 Å². The summed E-state index contributed by atoms with van der Waals surface area (Å²) < 4.78 is 5.82. The van der Waals surface area contributed by atoms with Crippen molar-refractivity contribution in [2.45, 2.75) is 24.9 Å². The Kier molecular flexibility index (Phi) is 5.00. The highest BCUT2D eigenvalue weighted by Crippen LogP contribution is 2.37. The minimum absolute atomic E-state index is 0.103. The smallest absolute Gasteiger partial charge is 0.303 e. The van der Waals surface area contributed by atoms with E-state index in [-0.39, 0.29) is 6.42 Å². The lowest BCUT2D eigenvalue weighted by molar-refractivity contribution is -0.137. The molecule has 0 aliphatic carbocycles. The molecule has 0 amide bonds. The van der Waals surface area contributed by atoms with Gasteiger partial charge >= 0.3 is 5.97 Å². The number of aromatic nitrogens is 2. The third-order valence-corrected chi connectivity index (χ3v) is 3.53. The highest BCUT2D eigenvalue weighted by atomic mass is 16.5. The predicted molar refractivity (Wildman–Crippen MR) is 77.7 cm³/mol.